The molecule has 2 aliphatic rings. The Morgan fingerprint density at radius 1 is 1.58 bits per heavy atom. The van der Waals surface area contributed by atoms with Crippen molar-refractivity contribution < 1.29 is 9.90 Å². The van der Waals surface area contributed by atoms with Gasteiger partial charge in [-0.2, -0.15) is 0 Å². The first-order valence-corrected chi connectivity index (χ1v) is 4.45. The smallest absolute Gasteiger partial charge is 0.407 e. The lowest BCUT2D eigenvalue weighted by Gasteiger charge is -2.31. The van der Waals surface area contributed by atoms with Crippen molar-refractivity contribution in [1.29, 1.82) is 0 Å². The molecular weight excluding hydrogens is 156 g/mol. The van der Waals surface area contributed by atoms with E-state index in [0.29, 0.717) is 12.5 Å². The van der Waals surface area contributed by atoms with Crippen LogP contribution in [0.2, 0.25) is 0 Å². The van der Waals surface area contributed by atoms with Gasteiger partial charge in [0.25, 0.3) is 0 Å². The molecule has 2 bridgehead atoms. The molecule has 68 valence electrons. The quantitative estimate of drug-likeness (QED) is 0.601. The Morgan fingerprint density at radius 3 is 2.83 bits per heavy atom. The highest BCUT2D eigenvalue weighted by atomic mass is 16.4. The Kier molecular flexibility index (Phi) is 1.72. The average Bonchev–Trinajstić information content (AvgIpc) is 2.60. The van der Waals surface area contributed by atoms with Gasteiger partial charge in [-0.25, -0.2) is 4.79 Å². The van der Waals surface area contributed by atoms with Crippen LogP contribution in [0.4, 0.5) is 4.79 Å². The first kappa shape index (κ1) is 7.86. The van der Waals surface area contributed by atoms with E-state index in [1.807, 2.05) is 0 Å². The third-order valence-electron chi connectivity index (χ3n) is 3.20. The summed E-state index contributed by atoms with van der Waals surface area (Å²) in [6, 6.07) is 0.363. The van der Waals surface area contributed by atoms with E-state index in [-0.39, 0.29) is 12.1 Å². The summed E-state index contributed by atoms with van der Waals surface area (Å²) < 4.78 is 0. The maximum absolute atomic E-state index is 10.8. The zero-order chi connectivity index (χ0) is 8.72. The largest absolute Gasteiger partial charge is 0.465 e. The summed E-state index contributed by atoms with van der Waals surface area (Å²) in [6.07, 6.45) is 2.44. The summed E-state index contributed by atoms with van der Waals surface area (Å²) in [5, 5.41) is 8.91. The highest BCUT2D eigenvalue weighted by molar-refractivity contribution is 5.66. The zero-order valence-corrected chi connectivity index (χ0v) is 6.94. The van der Waals surface area contributed by atoms with Crippen LogP contribution in [0.15, 0.2) is 0 Å². The van der Waals surface area contributed by atoms with Crippen molar-refractivity contribution in [3.05, 3.63) is 0 Å². The molecule has 1 saturated heterocycles. The number of piperidine rings is 1. The topological polar surface area (TPSA) is 66.6 Å². The number of nitrogens with zero attached hydrogens (tertiary/aromatic N) is 1. The molecule has 3 N–H and O–H groups in total. The van der Waals surface area contributed by atoms with Crippen molar-refractivity contribution in [3.8, 4) is 0 Å². The van der Waals surface area contributed by atoms with E-state index in [0.717, 1.165) is 19.3 Å². The molecule has 1 aliphatic heterocycles. The Labute approximate surface area is 71.3 Å². The van der Waals surface area contributed by atoms with Crippen LogP contribution in [-0.2, 0) is 0 Å². The first-order valence-electron chi connectivity index (χ1n) is 4.45. The fraction of sp³-hybridized carbons (Fsp3) is 0.875. The first-order chi connectivity index (χ1) is 5.74. The van der Waals surface area contributed by atoms with Crippen LogP contribution in [0.25, 0.3) is 0 Å². The minimum atomic E-state index is -0.794. The number of amides is 1. The molecule has 1 heterocycles. The monoisotopic (exact) mass is 170 g/mol. The van der Waals surface area contributed by atoms with Crippen LogP contribution < -0.4 is 5.73 Å². The van der Waals surface area contributed by atoms with E-state index in [9.17, 15) is 4.79 Å². The fourth-order valence-corrected chi connectivity index (χ4v) is 2.70. The van der Waals surface area contributed by atoms with Crippen molar-refractivity contribution in [2.75, 3.05) is 6.54 Å². The predicted octanol–water partition coefficient (Wildman–Crippen LogP) is 0.476. The van der Waals surface area contributed by atoms with E-state index in [1.54, 1.807) is 4.90 Å². The molecule has 0 aromatic carbocycles. The van der Waals surface area contributed by atoms with Crippen LogP contribution in [-0.4, -0.2) is 34.7 Å². The van der Waals surface area contributed by atoms with E-state index in [1.165, 1.54) is 0 Å². The number of hydrogen-bond donors (Lipinski definition) is 2. The third-order valence-corrected chi connectivity index (χ3v) is 3.20. The average molecular weight is 170 g/mol. The lowest BCUT2D eigenvalue weighted by molar-refractivity contribution is 0.104. The summed E-state index contributed by atoms with van der Waals surface area (Å²) >= 11 is 0. The lowest BCUT2D eigenvalue weighted by atomic mass is 9.99. The van der Waals surface area contributed by atoms with Crippen molar-refractivity contribution >= 4 is 6.09 Å². The van der Waals surface area contributed by atoms with Gasteiger partial charge in [0.1, 0.15) is 0 Å². The predicted molar refractivity (Wildman–Crippen MR) is 43.8 cm³/mol. The van der Waals surface area contributed by atoms with Gasteiger partial charge in [0.05, 0.1) is 6.04 Å². The van der Waals surface area contributed by atoms with E-state index < -0.39 is 6.09 Å². The van der Waals surface area contributed by atoms with E-state index >= 15 is 0 Å². The number of likely N-dealkylation sites (tertiary alicyclic amines) is 1. The number of hydrogen-bond acceptors (Lipinski definition) is 2. The number of carbonyl (C=O) groups is 1. The van der Waals surface area contributed by atoms with Gasteiger partial charge < -0.3 is 15.7 Å². The van der Waals surface area contributed by atoms with Gasteiger partial charge in [-0.05, 0) is 25.2 Å². The van der Waals surface area contributed by atoms with Gasteiger partial charge in [-0.1, -0.05) is 0 Å². The Morgan fingerprint density at radius 2 is 2.33 bits per heavy atom. The minimum absolute atomic E-state index is 0.0984. The molecule has 0 aromatic rings. The zero-order valence-electron chi connectivity index (χ0n) is 6.94. The van der Waals surface area contributed by atoms with Crippen LogP contribution in [0.3, 0.4) is 0 Å². The van der Waals surface area contributed by atoms with Gasteiger partial charge in [0.15, 0.2) is 0 Å². The summed E-state index contributed by atoms with van der Waals surface area (Å²) in [5.41, 5.74) is 5.54. The number of carboxylic acid groups (broad SMARTS) is 1. The Bertz CT molecular complexity index is 207. The SMILES string of the molecule is NC[C@@H]1[C@H]2CC[C@H](C2)N1C(=O)O. The molecule has 4 heteroatoms. The number of nitrogens with two attached hydrogens (primary N) is 1. The molecule has 1 aliphatic carbocycles. The van der Waals surface area contributed by atoms with Crippen molar-refractivity contribution in [3.63, 3.8) is 0 Å². The Hall–Kier alpha value is -0.770. The van der Waals surface area contributed by atoms with Crippen molar-refractivity contribution in [2.45, 2.75) is 31.3 Å². The number of fused-ring (bicyclic) bond motifs is 2. The summed E-state index contributed by atoms with van der Waals surface area (Å²) in [5.74, 6) is 0.538. The van der Waals surface area contributed by atoms with Gasteiger partial charge in [0.2, 0.25) is 0 Å². The van der Waals surface area contributed by atoms with Gasteiger partial charge >= 0.3 is 6.09 Å². The standard InChI is InChI=1S/C8H14N2O2/c9-4-7-5-1-2-6(3-5)10(7)8(11)12/h5-7H,1-4,9H2,(H,11,12)/t5-,6+,7+/m0/s1. The normalized spacial score (nSPS) is 39.1. The molecular formula is C8H14N2O2. The minimum Gasteiger partial charge on any atom is -0.465 e. The third kappa shape index (κ3) is 0.909. The summed E-state index contributed by atoms with van der Waals surface area (Å²) in [6.45, 7) is 0.480. The molecule has 0 unspecified atom stereocenters. The van der Waals surface area contributed by atoms with E-state index in [4.69, 9.17) is 10.8 Å². The molecule has 1 saturated carbocycles. The maximum Gasteiger partial charge on any atom is 0.407 e. The molecule has 1 amide bonds. The van der Waals surface area contributed by atoms with E-state index in [2.05, 4.69) is 0 Å². The van der Waals surface area contributed by atoms with Crippen LogP contribution >= 0.6 is 0 Å². The second kappa shape index (κ2) is 2.62. The highest BCUT2D eigenvalue weighted by Crippen LogP contribution is 2.41. The molecule has 12 heavy (non-hydrogen) atoms. The summed E-state index contributed by atoms with van der Waals surface area (Å²) in [4.78, 5) is 12.4. The highest BCUT2D eigenvalue weighted by Gasteiger charge is 2.47. The van der Waals surface area contributed by atoms with Crippen molar-refractivity contribution in [2.24, 2.45) is 11.7 Å². The molecule has 2 rings (SSSR count). The Balaban J connectivity index is 2.16. The summed E-state index contributed by atoms with van der Waals surface area (Å²) in [7, 11) is 0. The van der Waals surface area contributed by atoms with Crippen molar-refractivity contribution in [1.82, 2.24) is 4.90 Å². The van der Waals surface area contributed by atoms with Crippen LogP contribution in [0.5, 0.6) is 0 Å². The van der Waals surface area contributed by atoms with Crippen LogP contribution in [0.1, 0.15) is 19.3 Å². The molecule has 4 nitrogen and oxygen atoms in total. The second-order valence-electron chi connectivity index (χ2n) is 3.72. The molecule has 2 fully saturated rings. The lowest BCUT2D eigenvalue weighted by Crippen LogP contribution is -2.47. The van der Waals surface area contributed by atoms with Crippen LogP contribution in [0, 0.1) is 5.92 Å². The molecule has 0 spiro atoms. The van der Waals surface area contributed by atoms with Gasteiger partial charge in [0, 0.05) is 12.6 Å². The molecule has 0 radical (unpaired) electrons. The molecule has 0 aromatic heterocycles. The second-order valence-corrected chi connectivity index (χ2v) is 3.72. The number of rotatable bonds is 1. The molecule has 3 atom stereocenters. The fourth-order valence-electron chi connectivity index (χ4n) is 2.70. The van der Waals surface area contributed by atoms with Gasteiger partial charge in [-0.3, -0.25) is 0 Å². The maximum atomic E-state index is 10.8. The van der Waals surface area contributed by atoms with Gasteiger partial charge in [-0.15, -0.1) is 0 Å².